The lowest BCUT2D eigenvalue weighted by molar-refractivity contribution is 0.0976. The van der Waals surface area contributed by atoms with Crippen molar-refractivity contribution in [3.05, 3.63) is 30.0 Å². The summed E-state index contributed by atoms with van der Waals surface area (Å²) in [5, 5.41) is 0.771. The van der Waals surface area contributed by atoms with E-state index in [0.29, 0.717) is 17.9 Å². The Hall–Kier alpha value is -1.97. The van der Waals surface area contributed by atoms with Crippen LogP contribution >= 0.6 is 0 Å². The van der Waals surface area contributed by atoms with Crippen LogP contribution in [0.4, 0.5) is 0 Å². The molecule has 4 heteroatoms. The van der Waals surface area contributed by atoms with E-state index in [-0.39, 0.29) is 5.76 Å². The molecule has 15 heavy (non-hydrogen) atoms. The van der Waals surface area contributed by atoms with Crippen LogP contribution in [0.1, 0.15) is 17.5 Å². The molecule has 0 atom stereocenters. The van der Waals surface area contributed by atoms with E-state index in [9.17, 15) is 4.79 Å². The second-order valence-corrected chi connectivity index (χ2v) is 3.08. The first-order valence-corrected chi connectivity index (χ1v) is 4.67. The van der Waals surface area contributed by atoms with E-state index in [4.69, 9.17) is 14.9 Å². The number of ether oxygens (including phenoxy) is 1. The monoisotopic (exact) mass is 205 g/mol. The molecular formula is C11H11NO3. The number of nitrogens with two attached hydrogens (primary N) is 1. The quantitative estimate of drug-likeness (QED) is 0.832. The molecule has 0 bridgehead atoms. The van der Waals surface area contributed by atoms with Crippen molar-refractivity contribution < 1.29 is 13.9 Å². The predicted molar refractivity (Wildman–Crippen MR) is 55.9 cm³/mol. The molecule has 0 aliphatic carbocycles. The number of benzene rings is 1. The number of carbonyl (C=O) groups is 1. The molecule has 0 unspecified atom stereocenters. The number of rotatable bonds is 3. The highest BCUT2D eigenvalue weighted by molar-refractivity contribution is 5.96. The summed E-state index contributed by atoms with van der Waals surface area (Å²) in [6.45, 7) is 2.46. The molecule has 2 aromatic rings. The largest absolute Gasteiger partial charge is 0.493 e. The topological polar surface area (TPSA) is 65.5 Å². The maximum Gasteiger partial charge on any atom is 0.284 e. The molecule has 0 aliphatic rings. The van der Waals surface area contributed by atoms with Gasteiger partial charge in [-0.05, 0) is 19.1 Å². The van der Waals surface area contributed by atoms with Gasteiger partial charge in [-0.2, -0.15) is 0 Å². The lowest BCUT2D eigenvalue weighted by atomic mass is 10.2. The highest BCUT2D eigenvalue weighted by Gasteiger charge is 2.11. The van der Waals surface area contributed by atoms with E-state index >= 15 is 0 Å². The van der Waals surface area contributed by atoms with Crippen molar-refractivity contribution >= 4 is 16.9 Å². The molecule has 4 nitrogen and oxygen atoms in total. The molecule has 2 rings (SSSR count). The lowest BCUT2D eigenvalue weighted by Crippen LogP contribution is -2.08. The molecule has 0 spiro atoms. The van der Waals surface area contributed by atoms with Crippen molar-refractivity contribution in [3.63, 3.8) is 0 Å². The lowest BCUT2D eigenvalue weighted by Gasteiger charge is -2.02. The average molecular weight is 205 g/mol. The summed E-state index contributed by atoms with van der Waals surface area (Å²) >= 11 is 0. The molecule has 0 radical (unpaired) electrons. The highest BCUT2D eigenvalue weighted by atomic mass is 16.5. The van der Waals surface area contributed by atoms with Crippen molar-refractivity contribution in [1.82, 2.24) is 0 Å². The zero-order valence-electron chi connectivity index (χ0n) is 8.32. The minimum Gasteiger partial charge on any atom is -0.493 e. The van der Waals surface area contributed by atoms with Crippen molar-refractivity contribution in [2.75, 3.05) is 6.61 Å². The zero-order chi connectivity index (χ0) is 10.8. The van der Waals surface area contributed by atoms with Crippen LogP contribution in [0.25, 0.3) is 11.0 Å². The molecular weight excluding hydrogens is 194 g/mol. The van der Waals surface area contributed by atoms with E-state index in [2.05, 4.69) is 0 Å². The second kappa shape index (κ2) is 3.65. The number of amides is 1. The van der Waals surface area contributed by atoms with Crippen LogP contribution in [0.15, 0.2) is 28.7 Å². The van der Waals surface area contributed by atoms with Gasteiger partial charge < -0.3 is 14.9 Å². The van der Waals surface area contributed by atoms with Crippen LogP contribution in [0, 0.1) is 0 Å². The van der Waals surface area contributed by atoms with Gasteiger partial charge in [-0.3, -0.25) is 4.79 Å². The summed E-state index contributed by atoms with van der Waals surface area (Å²) in [7, 11) is 0. The van der Waals surface area contributed by atoms with Gasteiger partial charge in [-0.25, -0.2) is 0 Å². The highest BCUT2D eigenvalue weighted by Crippen LogP contribution is 2.28. The summed E-state index contributed by atoms with van der Waals surface area (Å²) in [4.78, 5) is 10.9. The number of carbonyl (C=O) groups excluding carboxylic acids is 1. The summed E-state index contributed by atoms with van der Waals surface area (Å²) < 4.78 is 10.7. The normalized spacial score (nSPS) is 10.5. The van der Waals surface area contributed by atoms with Crippen LogP contribution < -0.4 is 10.5 Å². The van der Waals surface area contributed by atoms with Gasteiger partial charge in [-0.1, -0.05) is 6.07 Å². The third-order valence-corrected chi connectivity index (χ3v) is 2.06. The van der Waals surface area contributed by atoms with Crippen LogP contribution in [-0.2, 0) is 0 Å². The maximum atomic E-state index is 10.9. The SMILES string of the molecule is CCOc1cccc2oc(C(N)=O)cc12. The molecule has 1 amide bonds. The summed E-state index contributed by atoms with van der Waals surface area (Å²) in [6.07, 6.45) is 0. The molecule has 0 saturated carbocycles. The Labute approximate surface area is 86.6 Å². The number of hydrogen-bond donors (Lipinski definition) is 1. The van der Waals surface area contributed by atoms with Crippen molar-refractivity contribution in [1.29, 1.82) is 0 Å². The van der Waals surface area contributed by atoms with E-state index in [1.807, 2.05) is 19.1 Å². The Kier molecular flexibility index (Phi) is 2.33. The summed E-state index contributed by atoms with van der Waals surface area (Å²) in [6, 6.07) is 7.00. The smallest absolute Gasteiger partial charge is 0.284 e. The van der Waals surface area contributed by atoms with Gasteiger partial charge in [0.2, 0.25) is 0 Å². The first-order valence-electron chi connectivity index (χ1n) is 4.67. The van der Waals surface area contributed by atoms with Crippen molar-refractivity contribution in [3.8, 4) is 5.75 Å². The average Bonchev–Trinajstić information content (AvgIpc) is 2.63. The zero-order valence-corrected chi connectivity index (χ0v) is 8.32. The number of furan rings is 1. The van der Waals surface area contributed by atoms with E-state index in [0.717, 1.165) is 5.39 Å². The van der Waals surface area contributed by atoms with E-state index in [1.54, 1.807) is 12.1 Å². The fourth-order valence-electron chi connectivity index (χ4n) is 1.44. The first kappa shape index (κ1) is 9.58. The standard InChI is InChI=1S/C11H11NO3/c1-2-14-8-4-3-5-9-7(8)6-10(15-9)11(12)13/h3-6H,2H2,1H3,(H2,12,13). The van der Waals surface area contributed by atoms with Crippen LogP contribution in [0.5, 0.6) is 5.75 Å². The van der Waals surface area contributed by atoms with Gasteiger partial charge >= 0.3 is 0 Å². The van der Waals surface area contributed by atoms with Gasteiger partial charge in [-0.15, -0.1) is 0 Å². The van der Waals surface area contributed by atoms with Crippen LogP contribution in [-0.4, -0.2) is 12.5 Å². The van der Waals surface area contributed by atoms with Gasteiger partial charge in [0.1, 0.15) is 11.3 Å². The minimum atomic E-state index is -0.575. The van der Waals surface area contributed by atoms with Crippen LogP contribution in [0.2, 0.25) is 0 Å². The molecule has 0 aliphatic heterocycles. The fraction of sp³-hybridized carbons (Fsp3) is 0.182. The number of fused-ring (bicyclic) bond motifs is 1. The summed E-state index contributed by atoms with van der Waals surface area (Å²) in [5.74, 6) is 0.275. The Morgan fingerprint density at radius 2 is 2.33 bits per heavy atom. The summed E-state index contributed by atoms with van der Waals surface area (Å²) in [5.41, 5.74) is 5.73. The van der Waals surface area contributed by atoms with Crippen LogP contribution in [0.3, 0.4) is 0 Å². The van der Waals surface area contributed by atoms with Gasteiger partial charge in [0.05, 0.1) is 12.0 Å². The van der Waals surface area contributed by atoms with Gasteiger partial charge in [0, 0.05) is 6.07 Å². The Morgan fingerprint density at radius 3 is 3.00 bits per heavy atom. The Bertz CT molecular complexity index is 502. The van der Waals surface area contributed by atoms with Crippen molar-refractivity contribution in [2.45, 2.75) is 6.92 Å². The maximum absolute atomic E-state index is 10.9. The van der Waals surface area contributed by atoms with Crippen molar-refractivity contribution in [2.24, 2.45) is 5.73 Å². The van der Waals surface area contributed by atoms with E-state index < -0.39 is 5.91 Å². The number of hydrogen-bond acceptors (Lipinski definition) is 3. The molecule has 1 heterocycles. The third-order valence-electron chi connectivity index (χ3n) is 2.06. The molecule has 1 aromatic heterocycles. The molecule has 1 aromatic carbocycles. The fourth-order valence-corrected chi connectivity index (χ4v) is 1.44. The third kappa shape index (κ3) is 1.66. The van der Waals surface area contributed by atoms with Gasteiger partial charge in [0.15, 0.2) is 5.76 Å². The first-order chi connectivity index (χ1) is 7.22. The predicted octanol–water partition coefficient (Wildman–Crippen LogP) is 1.93. The molecule has 78 valence electrons. The molecule has 0 fully saturated rings. The number of primary amides is 1. The van der Waals surface area contributed by atoms with Gasteiger partial charge in [0.25, 0.3) is 5.91 Å². The van der Waals surface area contributed by atoms with E-state index in [1.165, 1.54) is 0 Å². The Morgan fingerprint density at radius 1 is 1.53 bits per heavy atom. The molecule has 2 N–H and O–H groups in total. The molecule has 0 saturated heterocycles. The second-order valence-electron chi connectivity index (χ2n) is 3.08. The minimum absolute atomic E-state index is 0.150. The Balaban J connectivity index is 2.59.